The number of amides is 2. The zero-order valence-electron chi connectivity index (χ0n) is 30.3. The van der Waals surface area contributed by atoms with E-state index in [0.29, 0.717) is 16.3 Å². The highest BCUT2D eigenvalue weighted by Crippen LogP contribution is 2.42. The average molecular weight is 856 g/mol. The third-order valence-corrected chi connectivity index (χ3v) is 11.3. The molecule has 2 aliphatic rings. The average Bonchev–Trinajstić information content (AvgIpc) is 3.79. The number of carbonyl (C=O) groups is 7. The van der Waals surface area contributed by atoms with Crippen LogP contribution in [-0.2, 0) is 39.2 Å². The minimum atomic E-state index is -2.37. The SMILES string of the molecule is CC(=O)Oc1ccc(C(C)(ON=C(C(=O)N[C@@H]2C(=O)N3C(C(=O)O)=C(CSc4cc(C)nc5nc(C(=O)O)nn45)CS[C@H]23)c2csc(N)n2)C(=O)O)cc1OC(C)=O. The fourth-order valence-corrected chi connectivity index (χ4v) is 8.63. The van der Waals surface area contributed by atoms with Gasteiger partial charge in [0.25, 0.3) is 29.0 Å². The summed E-state index contributed by atoms with van der Waals surface area (Å²) in [5.74, 6) is -8.51. The number of esters is 2. The van der Waals surface area contributed by atoms with Crippen molar-refractivity contribution in [2.24, 2.45) is 5.16 Å². The maximum Gasteiger partial charge on any atom is 0.375 e. The summed E-state index contributed by atoms with van der Waals surface area (Å²) in [6.07, 6.45) is 0. The number of oxime groups is 1. The number of aromatic nitrogens is 5. The predicted molar refractivity (Wildman–Crippen MR) is 201 cm³/mol. The summed E-state index contributed by atoms with van der Waals surface area (Å²) in [4.78, 5) is 106. The number of nitrogens with two attached hydrogens (primary N) is 1. The lowest BCUT2D eigenvalue weighted by Gasteiger charge is -2.49. The Morgan fingerprint density at radius 2 is 1.74 bits per heavy atom. The fraction of sp³-hybridized carbons (Fsp3) is 0.273. The highest BCUT2D eigenvalue weighted by molar-refractivity contribution is 8.01. The van der Waals surface area contributed by atoms with E-state index in [1.54, 1.807) is 13.0 Å². The molecule has 0 aliphatic carbocycles. The van der Waals surface area contributed by atoms with E-state index in [1.807, 2.05) is 0 Å². The standard InChI is InChI=1S/C33H29N9O13S3/c1-12-7-20(42-32(35-12)38-24(39-42)29(49)50)56-9-15-10-57-27-22(26(46)41(27)23(15)28(47)48)37-25(45)21(17-11-58-31(34)36-17)40-55-33(4,30(51)52)16-5-6-18(53-13(2)43)19(8-16)54-14(3)44/h5-8,11,22,27H,9-10H2,1-4H3,(H2,34,36)(H,37,45)(H,47,48)(H,49,50)(H,51,52)/t22-,27-,33?/m1/s1. The van der Waals surface area contributed by atoms with Gasteiger partial charge in [0.15, 0.2) is 22.3 Å². The third kappa shape index (κ3) is 8.12. The summed E-state index contributed by atoms with van der Waals surface area (Å²) >= 11 is 3.22. The molecule has 302 valence electrons. The molecule has 5 heterocycles. The summed E-state index contributed by atoms with van der Waals surface area (Å²) in [6.45, 7) is 4.93. The Kier molecular flexibility index (Phi) is 11.4. The lowest BCUT2D eigenvalue weighted by Crippen LogP contribution is -2.71. The Bertz CT molecular complexity index is 2500. The molecule has 25 heteroatoms. The largest absolute Gasteiger partial charge is 0.478 e. The van der Waals surface area contributed by atoms with Crippen molar-refractivity contribution < 1.29 is 63.2 Å². The number of fused-ring (bicyclic) bond motifs is 2. The minimum Gasteiger partial charge on any atom is -0.478 e. The Hall–Kier alpha value is -6.60. The van der Waals surface area contributed by atoms with Gasteiger partial charge in [0, 0.05) is 42.0 Å². The zero-order chi connectivity index (χ0) is 42.2. The number of carboxylic acid groups (broad SMARTS) is 3. The van der Waals surface area contributed by atoms with Crippen LogP contribution in [0.5, 0.6) is 11.5 Å². The molecule has 1 fully saturated rings. The highest BCUT2D eigenvalue weighted by atomic mass is 32.2. The molecule has 1 saturated heterocycles. The van der Waals surface area contributed by atoms with Crippen molar-refractivity contribution in [3.63, 3.8) is 0 Å². The van der Waals surface area contributed by atoms with Crippen LogP contribution >= 0.6 is 34.9 Å². The monoisotopic (exact) mass is 855 g/mol. The van der Waals surface area contributed by atoms with Crippen LogP contribution in [0.1, 0.15) is 48.3 Å². The second-order valence-corrected chi connectivity index (χ2v) is 15.4. The number of rotatable bonds is 14. The van der Waals surface area contributed by atoms with Crippen molar-refractivity contribution in [1.82, 2.24) is 34.8 Å². The maximum atomic E-state index is 13.8. The van der Waals surface area contributed by atoms with Gasteiger partial charge < -0.3 is 40.7 Å². The molecule has 58 heavy (non-hydrogen) atoms. The summed E-state index contributed by atoms with van der Waals surface area (Å²) in [6, 6.07) is 3.82. The Morgan fingerprint density at radius 1 is 1.03 bits per heavy atom. The maximum absolute atomic E-state index is 13.8. The molecular formula is C33H29N9O13S3. The normalized spacial score (nSPS) is 17.5. The molecule has 3 atom stereocenters. The van der Waals surface area contributed by atoms with Crippen LogP contribution in [0.25, 0.3) is 5.78 Å². The smallest absolute Gasteiger partial charge is 0.375 e. The first-order valence-corrected chi connectivity index (χ1v) is 19.3. The van der Waals surface area contributed by atoms with E-state index in [4.69, 9.17) is 20.0 Å². The number of β-lactam (4-membered cyclic amide) rings is 1. The van der Waals surface area contributed by atoms with Gasteiger partial charge >= 0.3 is 29.8 Å². The second kappa shape index (κ2) is 16.1. The number of ether oxygens (including phenoxy) is 2. The van der Waals surface area contributed by atoms with Crippen molar-refractivity contribution in [2.75, 3.05) is 17.2 Å². The summed E-state index contributed by atoms with van der Waals surface area (Å²) in [5.41, 5.74) is 3.10. The molecule has 2 aliphatic heterocycles. The third-order valence-electron chi connectivity index (χ3n) is 8.24. The molecular weight excluding hydrogens is 827 g/mol. The van der Waals surface area contributed by atoms with Crippen molar-refractivity contribution >= 4 is 93.1 Å². The number of aromatic carboxylic acids is 1. The van der Waals surface area contributed by atoms with Gasteiger partial charge in [-0.3, -0.25) is 24.1 Å². The molecule has 6 rings (SSSR count). The van der Waals surface area contributed by atoms with E-state index in [2.05, 4.69) is 30.5 Å². The van der Waals surface area contributed by atoms with Gasteiger partial charge in [-0.05, 0) is 37.6 Å². The Balaban J connectivity index is 1.24. The molecule has 4 aromatic rings. The van der Waals surface area contributed by atoms with E-state index in [9.17, 15) is 48.9 Å². The number of nitrogen functional groups attached to an aromatic ring is 1. The van der Waals surface area contributed by atoms with Gasteiger partial charge in [-0.25, -0.2) is 24.4 Å². The Morgan fingerprint density at radius 3 is 2.36 bits per heavy atom. The van der Waals surface area contributed by atoms with E-state index in [-0.39, 0.29) is 50.9 Å². The number of aliphatic carboxylic acids is 2. The topological polar surface area (TPSA) is 317 Å². The molecule has 0 spiro atoms. The number of hydrogen-bond acceptors (Lipinski definition) is 19. The van der Waals surface area contributed by atoms with Gasteiger partial charge in [0.2, 0.25) is 0 Å². The van der Waals surface area contributed by atoms with Crippen LogP contribution < -0.4 is 20.5 Å². The van der Waals surface area contributed by atoms with Gasteiger partial charge in [0.1, 0.15) is 27.8 Å². The number of aryl methyl sites for hydroxylation is 1. The number of carboxylic acids is 3. The van der Waals surface area contributed by atoms with Gasteiger partial charge in [0.05, 0.1) is 0 Å². The lowest BCUT2D eigenvalue weighted by atomic mass is 9.95. The first-order valence-electron chi connectivity index (χ1n) is 16.4. The predicted octanol–water partition coefficient (Wildman–Crippen LogP) is 1.27. The minimum absolute atomic E-state index is 0.00718. The zero-order valence-corrected chi connectivity index (χ0v) is 32.8. The van der Waals surface area contributed by atoms with Crippen LogP contribution in [0.15, 0.2) is 51.1 Å². The lowest BCUT2D eigenvalue weighted by molar-refractivity contribution is -0.165. The summed E-state index contributed by atoms with van der Waals surface area (Å²) in [7, 11) is 0. The highest BCUT2D eigenvalue weighted by Gasteiger charge is 2.54. The second-order valence-electron chi connectivity index (χ2n) is 12.4. The molecule has 0 saturated carbocycles. The molecule has 0 radical (unpaired) electrons. The molecule has 6 N–H and O–H groups in total. The van der Waals surface area contributed by atoms with Crippen LogP contribution in [0.4, 0.5) is 5.13 Å². The van der Waals surface area contributed by atoms with Crippen molar-refractivity contribution in [3.05, 3.63) is 63.7 Å². The fourth-order valence-electron chi connectivity index (χ4n) is 5.54. The van der Waals surface area contributed by atoms with Gasteiger partial charge in [-0.2, -0.15) is 9.50 Å². The Labute approximate surface area is 337 Å². The molecule has 0 bridgehead atoms. The number of anilines is 1. The first-order chi connectivity index (χ1) is 27.4. The van der Waals surface area contributed by atoms with Gasteiger partial charge in [-0.1, -0.05) is 11.2 Å². The summed E-state index contributed by atoms with van der Waals surface area (Å²) in [5, 5.41) is 41.1. The van der Waals surface area contributed by atoms with Gasteiger partial charge in [-0.15, -0.1) is 40.0 Å². The number of nitrogens with zero attached hydrogens (tertiary/aromatic N) is 7. The number of carbonyl (C=O) groups excluding carboxylic acids is 4. The molecule has 3 aromatic heterocycles. The van der Waals surface area contributed by atoms with Crippen molar-refractivity contribution in [3.8, 4) is 11.5 Å². The number of nitrogens with one attached hydrogen (secondary N) is 1. The van der Waals surface area contributed by atoms with Crippen LogP contribution in [0, 0.1) is 6.92 Å². The molecule has 2 amide bonds. The molecule has 1 unspecified atom stereocenters. The van der Waals surface area contributed by atoms with Crippen LogP contribution in [0.2, 0.25) is 0 Å². The number of thiazole rings is 1. The molecule has 1 aromatic carbocycles. The summed E-state index contributed by atoms with van der Waals surface area (Å²) < 4.78 is 11.4. The quantitative estimate of drug-likeness (QED) is 0.0227. The van der Waals surface area contributed by atoms with E-state index < -0.39 is 70.2 Å². The van der Waals surface area contributed by atoms with E-state index >= 15 is 0 Å². The number of benzene rings is 1. The first kappa shape index (κ1) is 41.0. The van der Waals surface area contributed by atoms with Crippen LogP contribution in [-0.4, -0.2) is 115 Å². The van der Waals surface area contributed by atoms with Crippen molar-refractivity contribution in [1.29, 1.82) is 0 Å². The van der Waals surface area contributed by atoms with Crippen LogP contribution in [0.3, 0.4) is 0 Å². The molecule has 22 nitrogen and oxygen atoms in total. The van der Waals surface area contributed by atoms with Crippen molar-refractivity contribution in [2.45, 2.75) is 49.7 Å². The number of hydrogen-bond donors (Lipinski definition) is 5. The van der Waals surface area contributed by atoms with E-state index in [0.717, 1.165) is 54.8 Å². The van der Waals surface area contributed by atoms with E-state index in [1.165, 1.54) is 33.8 Å². The number of thioether (sulfide) groups is 2.